The molecule has 2 rings (SSSR count). The van der Waals surface area contributed by atoms with Crippen molar-refractivity contribution in [1.82, 2.24) is 4.90 Å². The Labute approximate surface area is 166 Å². The van der Waals surface area contributed by atoms with Gasteiger partial charge in [0, 0.05) is 28.7 Å². The minimum atomic E-state index is -2.30. The topological polar surface area (TPSA) is 49.8 Å². The average Bonchev–Trinajstić information content (AvgIpc) is 3.02. The van der Waals surface area contributed by atoms with E-state index in [1.54, 1.807) is 23.2 Å². The Morgan fingerprint density at radius 1 is 1.48 bits per heavy atom. The molecule has 2 atom stereocenters. The number of hydrogen-bond acceptors (Lipinski definition) is 5. The summed E-state index contributed by atoms with van der Waals surface area (Å²) in [6.07, 6.45) is 2.46. The van der Waals surface area contributed by atoms with Crippen LogP contribution in [0.3, 0.4) is 0 Å². The number of carbonyl (C=O) groups excluding carboxylic acids is 1. The summed E-state index contributed by atoms with van der Waals surface area (Å²) in [4.78, 5) is 14.9. The van der Waals surface area contributed by atoms with Crippen LogP contribution >= 0.6 is 23.4 Å². The van der Waals surface area contributed by atoms with Crippen LogP contribution in [-0.2, 0) is 0 Å². The second kappa shape index (κ2) is 10.1. The van der Waals surface area contributed by atoms with Gasteiger partial charge in [-0.3, -0.25) is 9.18 Å². The highest BCUT2D eigenvalue weighted by Crippen LogP contribution is 2.42. The Morgan fingerprint density at radius 3 is 2.81 bits per heavy atom. The highest BCUT2D eigenvalue weighted by atomic mass is 35.5. The van der Waals surface area contributed by atoms with Crippen LogP contribution in [0.25, 0.3) is 0 Å². The smallest absolute Gasteiger partial charge is 0.206 e. The first kappa shape index (κ1) is 21.7. The van der Waals surface area contributed by atoms with Crippen molar-refractivity contribution >= 4 is 29.1 Å². The summed E-state index contributed by atoms with van der Waals surface area (Å²) in [5, 5.41) is 10.1. The number of halogens is 3. The number of thioether (sulfide) groups is 1. The first-order valence-electron chi connectivity index (χ1n) is 8.55. The van der Waals surface area contributed by atoms with Crippen molar-refractivity contribution in [1.29, 1.82) is 0 Å². The number of hydrogen-bond donors (Lipinski definition) is 1. The zero-order chi connectivity index (χ0) is 20.0. The average molecular weight is 418 g/mol. The second-order valence-electron chi connectivity index (χ2n) is 6.01. The zero-order valence-electron chi connectivity index (χ0n) is 15.1. The fourth-order valence-electron chi connectivity index (χ4n) is 2.56. The largest absolute Gasteiger partial charge is 0.496 e. The molecule has 0 bridgehead atoms. The molecule has 1 aliphatic heterocycles. The summed E-state index contributed by atoms with van der Waals surface area (Å²) in [5.74, 6) is -1.20. The third-order valence-electron chi connectivity index (χ3n) is 4.09. The molecule has 0 aromatic heterocycles. The van der Waals surface area contributed by atoms with Crippen molar-refractivity contribution in [2.24, 2.45) is 5.92 Å². The van der Waals surface area contributed by atoms with Crippen LogP contribution in [0.2, 0.25) is 5.02 Å². The van der Waals surface area contributed by atoms with Crippen LogP contribution in [-0.4, -0.2) is 42.5 Å². The highest BCUT2D eigenvalue weighted by molar-refractivity contribution is 8.06. The van der Waals surface area contributed by atoms with E-state index in [1.807, 2.05) is 6.92 Å². The van der Waals surface area contributed by atoms with E-state index in [0.717, 1.165) is 24.6 Å². The molecule has 4 nitrogen and oxygen atoms in total. The van der Waals surface area contributed by atoms with Gasteiger partial charge in [-0.25, -0.2) is 4.39 Å². The van der Waals surface area contributed by atoms with E-state index in [-0.39, 0.29) is 5.78 Å². The first-order valence-corrected chi connectivity index (χ1v) is 9.74. The molecule has 1 heterocycles. The lowest BCUT2D eigenvalue weighted by Crippen LogP contribution is -2.18. The lowest BCUT2D eigenvalue weighted by molar-refractivity contribution is -0.00340. The van der Waals surface area contributed by atoms with Crippen molar-refractivity contribution in [2.75, 3.05) is 20.3 Å². The molecule has 0 saturated carbocycles. The van der Waals surface area contributed by atoms with Crippen LogP contribution < -0.4 is 4.74 Å². The van der Waals surface area contributed by atoms with Crippen molar-refractivity contribution in [3.05, 3.63) is 51.0 Å². The number of alkyl halides is 2. The van der Waals surface area contributed by atoms with Gasteiger partial charge in [-0.15, -0.1) is 0 Å². The maximum absolute atomic E-state index is 13.3. The predicted molar refractivity (Wildman–Crippen MR) is 104 cm³/mol. The molecule has 0 amide bonds. The van der Waals surface area contributed by atoms with Gasteiger partial charge >= 0.3 is 0 Å². The number of ketones is 1. The number of allylic oxidation sites excluding steroid dienone is 1. The number of ether oxygens (including phenoxy) is 1. The van der Waals surface area contributed by atoms with Crippen LogP contribution in [0.15, 0.2) is 40.4 Å². The van der Waals surface area contributed by atoms with Crippen molar-refractivity contribution in [3.63, 3.8) is 0 Å². The summed E-state index contributed by atoms with van der Waals surface area (Å²) in [6, 6.07) is 4.74. The number of unbranched alkanes of at least 4 members (excludes halogenated alkanes) is 1. The van der Waals surface area contributed by atoms with E-state index in [9.17, 15) is 18.7 Å². The summed E-state index contributed by atoms with van der Waals surface area (Å²) in [7, 11) is 1.46. The van der Waals surface area contributed by atoms with Gasteiger partial charge in [0.25, 0.3) is 0 Å². The van der Waals surface area contributed by atoms with E-state index in [4.69, 9.17) is 16.3 Å². The van der Waals surface area contributed by atoms with Gasteiger partial charge in [0.15, 0.2) is 5.78 Å². The number of methoxy groups -OCH3 is 1. The Bertz CT molecular complexity index is 740. The van der Waals surface area contributed by atoms with E-state index in [2.05, 4.69) is 0 Å². The lowest BCUT2D eigenvalue weighted by atomic mass is 10.1. The fraction of sp³-hybridized carbons (Fsp3) is 0.421. The van der Waals surface area contributed by atoms with Gasteiger partial charge in [-0.05, 0) is 24.6 Å². The van der Waals surface area contributed by atoms with Gasteiger partial charge in [-0.2, -0.15) is 0 Å². The Kier molecular flexibility index (Phi) is 8.13. The van der Waals surface area contributed by atoms with Crippen LogP contribution in [0, 0.1) is 5.92 Å². The zero-order valence-corrected chi connectivity index (χ0v) is 16.7. The van der Waals surface area contributed by atoms with Crippen LogP contribution in [0.5, 0.6) is 5.75 Å². The molecule has 1 N–H and O–H groups in total. The molecule has 148 valence electrons. The number of aliphatic hydroxyl groups excluding tert-OH is 1. The summed E-state index contributed by atoms with van der Waals surface area (Å²) < 4.78 is 31.7. The number of carbonyl (C=O) groups is 1. The van der Waals surface area contributed by atoms with E-state index < -0.39 is 19.0 Å². The fourth-order valence-corrected chi connectivity index (χ4v) is 3.91. The van der Waals surface area contributed by atoms with Gasteiger partial charge in [0.05, 0.1) is 23.6 Å². The molecule has 0 saturated heterocycles. The van der Waals surface area contributed by atoms with E-state index >= 15 is 0 Å². The molecule has 0 radical (unpaired) electrons. The second-order valence-corrected chi connectivity index (χ2v) is 7.54. The minimum Gasteiger partial charge on any atom is -0.496 e. The highest BCUT2D eigenvalue weighted by Gasteiger charge is 2.31. The first-order chi connectivity index (χ1) is 12.9. The third-order valence-corrected chi connectivity index (χ3v) is 5.53. The molecule has 2 unspecified atom stereocenters. The monoisotopic (exact) mass is 417 g/mol. The number of aliphatic hydroxyl groups is 1. The lowest BCUT2D eigenvalue weighted by Gasteiger charge is -2.16. The van der Waals surface area contributed by atoms with Crippen molar-refractivity contribution in [3.8, 4) is 5.75 Å². The maximum atomic E-state index is 13.3. The molecule has 8 heteroatoms. The molecule has 0 aliphatic carbocycles. The Hall–Kier alpha value is -1.57. The number of nitrogens with zero attached hydrogens (tertiary/aromatic N) is 1. The molecular formula is C19H22ClF2NO3S. The quantitative estimate of drug-likeness (QED) is 0.455. The molecule has 0 spiro atoms. The number of benzene rings is 1. The van der Waals surface area contributed by atoms with E-state index in [1.165, 1.54) is 19.3 Å². The van der Waals surface area contributed by atoms with Crippen molar-refractivity contribution < 1.29 is 23.4 Å². The molecule has 0 fully saturated rings. The van der Waals surface area contributed by atoms with Gasteiger partial charge in [-0.1, -0.05) is 36.7 Å². The predicted octanol–water partition coefficient (Wildman–Crippen LogP) is 4.94. The SMILES string of the molecule is CCCCN1C=C(C(CF)C(O)F)S/C1=C\C(=O)c1cc(Cl)ccc1OC. The summed E-state index contributed by atoms with van der Waals surface area (Å²) in [6.45, 7) is 1.59. The van der Waals surface area contributed by atoms with Gasteiger partial charge in [0.2, 0.25) is 6.36 Å². The molecule has 27 heavy (non-hydrogen) atoms. The molecule has 1 aromatic carbocycles. The maximum Gasteiger partial charge on any atom is 0.206 e. The molecule has 1 aromatic rings. The Morgan fingerprint density at radius 2 is 2.22 bits per heavy atom. The standard InChI is InChI=1S/C19H22ClF2NO3S/c1-3-4-7-23-11-17(14(10-21)19(22)25)27-18(23)9-15(24)13-8-12(20)5-6-16(13)26-2/h5-6,8-9,11,14,19,25H,3-4,7,10H2,1-2H3/b18-9-. The third kappa shape index (κ3) is 5.46. The summed E-state index contributed by atoms with van der Waals surface area (Å²) >= 11 is 7.07. The van der Waals surface area contributed by atoms with Crippen LogP contribution in [0.1, 0.15) is 30.1 Å². The number of rotatable bonds is 9. The Balaban J connectivity index is 2.32. The van der Waals surface area contributed by atoms with Gasteiger partial charge < -0.3 is 14.7 Å². The molecular weight excluding hydrogens is 396 g/mol. The van der Waals surface area contributed by atoms with Crippen LogP contribution in [0.4, 0.5) is 8.78 Å². The summed E-state index contributed by atoms with van der Waals surface area (Å²) in [5.41, 5.74) is 0.301. The normalized spacial score (nSPS) is 17.8. The van der Waals surface area contributed by atoms with E-state index in [0.29, 0.717) is 32.8 Å². The minimum absolute atomic E-state index is 0.301. The van der Waals surface area contributed by atoms with Gasteiger partial charge in [0.1, 0.15) is 12.4 Å². The molecule has 1 aliphatic rings. The van der Waals surface area contributed by atoms with Crippen molar-refractivity contribution in [2.45, 2.75) is 26.1 Å².